The van der Waals surface area contributed by atoms with E-state index in [0.717, 1.165) is 11.1 Å². The second-order valence-corrected chi connectivity index (χ2v) is 4.08. The van der Waals surface area contributed by atoms with Crippen molar-refractivity contribution in [3.8, 4) is 5.75 Å². The highest BCUT2D eigenvalue weighted by Gasteiger charge is 2.28. The monoisotopic (exact) mass is 232 g/mol. The van der Waals surface area contributed by atoms with Gasteiger partial charge in [-0.2, -0.15) is 13.2 Å². The van der Waals surface area contributed by atoms with Gasteiger partial charge in [0.1, 0.15) is 5.75 Å². The molecule has 0 amide bonds. The van der Waals surface area contributed by atoms with Crippen molar-refractivity contribution in [3.63, 3.8) is 0 Å². The van der Waals surface area contributed by atoms with E-state index in [2.05, 4.69) is 0 Å². The molecule has 1 aromatic rings. The molecule has 0 aliphatic carbocycles. The van der Waals surface area contributed by atoms with Gasteiger partial charge in [-0.3, -0.25) is 0 Å². The molecular formula is C12H15F3O. The Morgan fingerprint density at radius 1 is 1.25 bits per heavy atom. The van der Waals surface area contributed by atoms with Gasteiger partial charge < -0.3 is 4.74 Å². The van der Waals surface area contributed by atoms with E-state index in [1.807, 2.05) is 19.9 Å². The third-order valence-electron chi connectivity index (χ3n) is 2.26. The molecule has 0 aliphatic rings. The highest BCUT2D eigenvalue weighted by molar-refractivity contribution is 5.37. The molecule has 1 aromatic carbocycles. The van der Waals surface area contributed by atoms with Crippen LogP contribution < -0.4 is 4.74 Å². The number of alkyl halides is 3. The summed E-state index contributed by atoms with van der Waals surface area (Å²) in [6, 6.07) is 5.25. The highest BCUT2D eigenvalue weighted by atomic mass is 19.4. The van der Waals surface area contributed by atoms with Crippen LogP contribution in [0.2, 0.25) is 0 Å². The lowest BCUT2D eigenvalue weighted by atomic mass is 10.0. The average Bonchev–Trinajstić information content (AvgIpc) is 2.14. The van der Waals surface area contributed by atoms with Crippen molar-refractivity contribution in [2.45, 2.75) is 32.9 Å². The number of hydrogen-bond acceptors (Lipinski definition) is 1. The summed E-state index contributed by atoms with van der Waals surface area (Å²) >= 11 is 0. The summed E-state index contributed by atoms with van der Waals surface area (Å²) in [5, 5.41) is 0. The number of ether oxygens (including phenoxy) is 1. The van der Waals surface area contributed by atoms with Gasteiger partial charge in [0.25, 0.3) is 0 Å². The summed E-state index contributed by atoms with van der Waals surface area (Å²) in [6.07, 6.45) is -4.29. The lowest BCUT2D eigenvalue weighted by molar-refractivity contribution is -0.153. The summed E-state index contributed by atoms with van der Waals surface area (Å²) in [6.45, 7) is 4.57. The molecule has 0 saturated carbocycles. The van der Waals surface area contributed by atoms with E-state index in [0.29, 0.717) is 11.7 Å². The molecule has 1 rings (SSSR count). The Hall–Kier alpha value is -1.19. The van der Waals surface area contributed by atoms with Crippen molar-refractivity contribution in [2.24, 2.45) is 0 Å². The van der Waals surface area contributed by atoms with E-state index in [-0.39, 0.29) is 0 Å². The Labute approximate surface area is 93.2 Å². The van der Waals surface area contributed by atoms with E-state index < -0.39 is 12.8 Å². The summed E-state index contributed by atoms with van der Waals surface area (Å²) in [7, 11) is 0. The lowest BCUT2D eigenvalue weighted by Crippen LogP contribution is -2.19. The van der Waals surface area contributed by atoms with E-state index in [1.54, 1.807) is 19.1 Å². The quantitative estimate of drug-likeness (QED) is 0.763. The molecule has 4 heteroatoms. The minimum Gasteiger partial charge on any atom is -0.484 e. The van der Waals surface area contributed by atoms with Gasteiger partial charge in [-0.25, -0.2) is 0 Å². The third-order valence-corrected chi connectivity index (χ3v) is 2.26. The zero-order valence-corrected chi connectivity index (χ0v) is 9.56. The van der Waals surface area contributed by atoms with Crippen LogP contribution in [0.25, 0.3) is 0 Å². The minimum atomic E-state index is -4.29. The van der Waals surface area contributed by atoms with Gasteiger partial charge in [-0.15, -0.1) is 0 Å². The maximum atomic E-state index is 12.0. The smallest absolute Gasteiger partial charge is 0.422 e. The number of halogens is 3. The van der Waals surface area contributed by atoms with Crippen molar-refractivity contribution in [2.75, 3.05) is 6.61 Å². The molecular weight excluding hydrogens is 217 g/mol. The first-order chi connectivity index (χ1) is 7.29. The van der Waals surface area contributed by atoms with Gasteiger partial charge in [-0.05, 0) is 30.0 Å². The zero-order chi connectivity index (χ0) is 12.3. The van der Waals surface area contributed by atoms with Crippen molar-refractivity contribution in [1.29, 1.82) is 0 Å². The first-order valence-electron chi connectivity index (χ1n) is 5.09. The van der Waals surface area contributed by atoms with Crippen molar-refractivity contribution in [1.82, 2.24) is 0 Å². The summed E-state index contributed by atoms with van der Waals surface area (Å²) in [5.74, 6) is 0.650. The largest absolute Gasteiger partial charge is 0.484 e. The lowest BCUT2D eigenvalue weighted by Gasteiger charge is -2.13. The number of rotatable bonds is 3. The van der Waals surface area contributed by atoms with Crippen LogP contribution in [-0.4, -0.2) is 12.8 Å². The summed E-state index contributed by atoms with van der Waals surface area (Å²) < 4.78 is 40.6. The Morgan fingerprint density at radius 3 is 2.31 bits per heavy atom. The maximum absolute atomic E-state index is 12.0. The molecule has 0 radical (unpaired) electrons. The van der Waals surface area contributed by atoms with Gasteiger partial charge in [-0.1, -0.05) is 26.0 Å². The van der Waals surface area contributed by atoms with Crippen LogP contribution in [0, 0.1) is 6.92 Å². The van der Waals surface area contributed by atoms with E-state index in [9.17, 15) is 13.2 Å². The number of benzene rings is 1. The zero-order valence-electron chi connectivity index (χ0n) is 9.56. The van der Waals surface area contributed by atoms with Gasteiger partial charge in [0, 0.05) is 0 Å². The Morgan fingerprint density at radius 2 is 1.88 bits per heavy atom. The van der Waals surface area contributed by atoms with Crippen LogP contribution in [0.4, 0.5) is 13.2 Å². The van der Waals surface area contributed by atoms with Crippen molar-refractivity contribution >= 4 is 0 Å². The molecule has 16 heavy (non-hydrogen) atoms. The summed E-state index contributed by atoms with van der Waals surface area (Å²) in [4.78, 5) is 0. The summed E-state index contributed by atoms with van der Waals surface area (Å²) in [5.41, 5.74) is 1.83. The molecule has 0 atom stereocenters. The fraction of sp³-hybridized carbons (Fsp3) is 0.500. The molecule has 0 saturated heterocycles. The average molecular weight is 232 g/mol. The molecule has 1 nitrogen and oxygen atoms in total. The molecule has 0 bridgehead atoms. The van der Waals surface area contributed by atoms with Crippen LogP contribution in [0.5, 0.6) is 5.75 Å². The Bertz CT molecular complexity index is 356. The van der Waals surface area contributed by atoms with E-state index in [1.165, 1.54) is 0 Å². The van der Waals surface area contributed by atoms with Gasteiger partial charge in [0.2, 0.25) is 0 Å². The van der Waals surface area contributed by atoms with E-state index in [4.69, 9.17) is 4.74 Å². The van der Waals surface area contributed by atoms with Gasteiger partial charge in [0.15, 0.2) is 6.61 Å². The maximum Gasteiger partial charge on any atom is 0.422 e. The second-order valence-electron chi connectivity index (χ2n) is 4.08. The third kappa shape index (κ3) is 3.76. The van der Waals surface area contributed by atoms with Gasteiger partial charge in [0.05, 0.1) is 0 Å². The Balaban J connectivity index is 2.76. The fourth-order valence-corrected chi connectivity index (χ4v) is 1.35. The molecule has 0 aromatic heterocycles. The van der Waals surface area contributed by atoms with Crippen LogP contribution >= 0.6 is 0 Å². The second kappa shape index (κ2) is 4.76. The highest BCUT2D eigenvalue weighted by Crippen LogP contribution is 2.25. The van der Waals surface area contributed by atoms with Gasteiger partial charge >= 0.3 is 6.18 Å². The molecule has 0 fully saturated rings. The molecule has 0 unspecified atom stereocenters. The first-order valence-corrected chi connectivity index (χ1v) is 5.09. The number of aryl methyl sites for hydroxylation is 1. The molecule has 0 spiro atoms. The topological polar surface area (TPSA) is 9.23 Å². The predicted octanol–water partition coefficient (Wildman–Crippen LogP) is 4.06. The van der Waals surface area contributed by atoms with Crippen LogP contribution in [0.3, 0.4) is 0 Å². The SMILES string of the molecule is Cc1cc(C(C)C)ccc1OCC(F)(F)F. The molecule has 90 valence electrons. The van der Waals surface area contributed by atoms with E-state index >= 15 is 0 Å². The van der Waals surface area contributed by atoms with Crippen LogP contribution in [0.1, 0.15) is 30.9 Å². The molecule has 0 heterocycles. The standard InChI is InChI=1S/C12H15F3O/c1-8(2)10-4-5-11(9(3)6-10)16-7-12(13,14)15/h4-6,8H,7H2,1-3H3. The van der Waals surface area contributed by atoms with Crippen LogP contribution in [-0.2, 0) is 0 Å². The minimum absolute atomic E-state index is 0.293. The molecule has 0 N–H and O–H groups in total. The normalized spacial score (nSPS) is 11.9. The Kier molecular flexibility index (Phi) is 3.83. The first kappa shape index (κ1) is 12.9. The molecule has 0 aliphatic heterocycles. The number of hydrogen-bond donors (Lipinski definition) is 0. The predicted molar refractivity (Wildman–Crippen MR) is 56.8 cm³/mol. The van der Waals surface area contributed by atoms with Crippen LogP contribution in [0.15, 0.2) is 18.2 Å². The van der Waals surface area contributed by atoms with Crippen molar-refractivity contribution < 1.29 is 17.9 Å². The van der Waals surface area contributed by atoms with Crippen molar-refractivity contribution in [3.05, 3.63) is 29.3 Å². The fourth-order valence-electron chi connectivity index (χ4n) is 1.35.